The molecule has 1 saturated carbocycles. The molecular weight excluding hydrogens is 230 g/mol. The van der Waals surface area contributed by atoms with Crippen molar-refractivity contribution in [1.29, 1.82) is 0 Å². The van der Waals surface area contributed by atoms with Crippen molar-refractivity contribution in [3.63, 3.8) is 0 Å². The fraction of sp³-hybridized carbons (Fsp3) is 0.857. The Morgan fingerprint density at radius 2 is 1.83 bits per heavy atom. The molecule has 2 fully saturated rings. The Labute approximate surface area is 109 Å². The lowest BCUT2D eigenvalue weighted by atomic mass is 9.85. The molecule has 1 aliphatic heterocycles. The van der Waals surface area contributed by atoms with Crippen LogP contribution < -0.4 is 0 Å². The fourth-order valence-corrected chi connectivity index (χ4v) is 3.27. The molecule has 0 N–H and O–H groups in total. The van der Waals surface area contributed by atoms with E-state index >= 15 is 0 Å². The van der Waals surface area contributed by atoms with E-state index in [0.717, 1.165) is 44.9 Å². The van der Waals surface area contributed by atoms with E-state index in [1.165, 1.54) is 7.11 Å². The third-order valence-corrected chi connectivity index (χ3v) is 4.46. The van der Waals surface area contributed by atoms with Gasteiger partial charge in [-0.15, -0.1) is 0 Å². The van der Waals surface area contributed by atoms with Crippen LogP contribution in [0, 0.1) is 5.41 Å². The van der Waals surface area contributed by atoms with Crippen molar-refractivity contribution in [2.24, 2.45) is 5.41 Å². The van der Waals surface area contributed by atoms with Crippen LogP contribution in [0.3, 0.4) is 0 Å². The molecule has 1 heterocycles. The first kappa shape index (κ1) is 13.4. The number of hydrogen-bond acceptors (Lipinski definition) is 3. The molecule has 4 nitrogen and oxygen atoms in total. The van der Waals surface area contributed by atoms with Crippen molar-refractivity contribution in [2.45, 2.75) is 57.9 Å². The van der Waals surface area contributed by atoms with E-state index in [1.807, 2.05) is 6.92 Å². The van der Waals surface area contributed by atoms with Crippen LogP contribution in [0.5, 0.6) is 0 Å². The Balaban J connectivity index is 2.13. The van der Waals surface area contributed by atoms with Gasteiger partial charge in [0, 0.05) is 12.0 Å². The minimum Gasteiger partial charge on any atom is -0.467 e. The zero-order chi connectivity index (χ0) is 13.2. The molecule has 0 aromatic rings. The van der Waals surface area contributed by atoms with Crippen LogP contribution >= 0.6 is 0 Å². The van der Waals surface area contributed by atoms with E-state index < -0.39 is 0 Å². The number of piperidine rings is 1. The maximum atomic E-state index is 12.7. The molecule has 1 amide bonds. The highest BCUT2D eigenvalue weighted by atomic mass is 16.5. The Morgan fingerprint density at radius 3 is 2.44 bits per heavy atom. The zero-order valence-electron chi connectivity index (χ0n) is 11.4. The number of likely N-dealkylation sites (tertiary alicyclic amines) is 1. The van der Waals surface area contributed by atoms with Crippen molar-refractivity contribution < 1.29 is 14.3 Å². The first-order valence-electron chi connectivity index (χ1n) is 6.97. The standard InChI is InChI=1S/C14H23NO3/c1-14(8-4-5-9-14)13(17)15-10-6-3-7-11(15)12(16)18-2/h11H,3-10H2,1-2H3. The number of carbonyl (C=O) groups is 2. The SMILES string of the molecule is COC(=O)C1CCCCN1C(=O)C1(C)CCCC1. The van der Waals surface area contributed by atoms with Gasteiger partial charge in [-0.25, -0.2) is 4.79 Å². The summed E-state index contributed by atoms with van der Waals surface area (Å²) >= 11 is 0. The third kappa shape index (κ3) is 2.38. The minimum atomic E-state index is -0.353. The van der Waals surface area contributed by atoms with Gasteiger partial charge in [0.05, 0.1) is 7.11 Å². The highest BCUT2D eigenvalue weighted by Gasteiger charge is 2.43. The number of hydrogen-bond donors (Lipinski definition) is 0. The second-order valence-electron chi connectivity index (χ2n) is 5.80. The van der Waals surface area contributed by atoms with Gasteiger partial charge < -0.3 is 9.64 Å². The molecular formula is C14H23NO3. The van der Waals surface area contributed by atoms with Gasteiger partial charge in [0.15, 0.2) is 0 Å². The van der Waals surface area contributed by atoms with Gasteiger partial charge in [-0.05, 0) is 32.1 Å². The molecule has 0 radical (unpaired) electrons. The normalized spacial score (nSPS) is 27.0. The number of nitrogens with zero attached hydrogens (tertiary/aromatic N) is 1. The molecule has 2 rings (SSSR count). The summed E-state index contributed by atoms with van der Waals surface area (Å²) in [5.41, 5.74) is -0.246. The number of carbonyl (C=O) groups excluding carboxylic acids is 2. The van der Waals surface area contributed by atoms with Crippen molar-refractivity contribution in [3.05, 3.63) is 0 Å². The lowest BCUT2D eigenvalue weighted by Crippen LogP contribution is -2.52. The smallest absolute Gasteiger partial charge is 0.328 e. The fourth-order valence-electron chi connectivity index (χ4n) is 3.27. The Kier molecular flexibility index (Phi) is 3.93. The first-order chi connectivity index (χ1) is 8.58. The summed E-state index contributed by atoms with van der Waals surface area (Å²) in [6.45, 7) is 2.75. The summed E-state index contributed by atoms with van der Waals surface area (Å²) in [6, 6.07) is -0.353. The number of methoxy groups -OCH3 is 1. The van der Waals surface area contributed by atoms with Crippen LogP contribution in [0.4, 0.5) is 0 Å². The van der Waals surface area contributed by atoms with E-state index in [2.05, 4.69) is 0 Å². The van der Waals surface area contributed by atoms with Crippen LogP contribution in [0.15, 0.2) is 0 Å². The lowest BCUT2D eigenvalue weighted by Gasteiger charge is -2.38. The number of amides is 1. The third-order valence-electron chi connectivity index (χ3n) is 4.46. The molecule has 4 heteroatoms. The predicted octanol–water partition coefficient (Wildman–Crippen LogP) is 2.12. The summed E-state index contributed by atoms with van der Waals surface area (Å²) in [7, 11) is 1.40. The molecule has 1 atom stereocenters. The average molecular weight is 253 g/mol. The predicted molar refractivity (Wildman–Crippen MR) is 67.9 cm³/mol. The van der Waals surface area contributed by atoms with Gasteiger partial charge >= 0.3 is 5.97 Å². The van der Waals surface area contributed by atoms with E-state index in [4.69, 9.17) is 4.74 Å². The van der Waals surface area contributed by atoms with Gasteiger partial charge in [-0.2, -0.15) is 0 Å². The molecule has 1 aliphatic carbocycles. The molecule has 0 aromatic carbocycles. The summed E-state index contributed by atoms with van der Waals surface area (Å²) in [6.07, 6.45) is 6.90. The molecule has 1 saturated heterocycles. The largest absolute Gasteiger partial charge is 0.467 e. The molecule has 2 aliphatic rings. The topological polar surface area (TPSA) is 46.6 Å². The van der Waals surface area contributed by atoms with Crippen LogP contribution in [-0.2, 0) is 14.3 Å². The summed E-state index contributed by atoms with van der Waals surface area (Å²) < 4.78 is 4.83. The monoisotopic (exact) mass is 253 g/mol. The first-order valence-corrected chi connectivity index (χ1v) is 6.97. The molecule has 18 heavy (non-hydrogen) atoms. The maximum absolute atomic E-state index is 12.7. The molecule has 102 valence electrons. The van der Waals surface area contributed by atoms with E-state index in [9.17, 15) is 9.59 Å². The van der Waals surface area contributed by atoms with Crippen molar-refractivity contribution in [3.8, 4) is 0 Å². The van der Waals surface area contributed by atoms with Crippen molar-refractivity contribution in [1.82, 2.24) is 4.90 Å². The van der Waals surface area contributed by atoms with Crippen LogP contribution in [-0.4, -0.2) is 36.5 Å². The Bertz CT molecular complexity index is 334. The van der Waals surface area contributed by atoms with E-state index in [1.54, 1.807) is 4.90 Å². The van der Waals surface area contributed by atoms with Crippen LogP contribution in [0.1, 0.15) is 51.9 Å². The number of esters is 1. The zero-order valence-corrected chi connectivity index (χ0v) is 11.4. The number of rotatable bonds is 2. The van der Waals surface area contributed by atoms with Gasteiger partial charge in [-0.3, -0.25) is 4.79 Å². The van der Waals surface area contributed by atoms with Crippen molar-refractivity contribution in [2.75, 3.05) is 13.7 Å². The molecule has 0 spiro atoms. The summed E-state index contributed by atoms with van der Waals surface area (Å²) in [5, 5.41) is 0. The number of ether oxygens (including phenoxy) is 1. The highest BCUT2D eigenvalue weighted by Crippen LogP contribution is 2.40. The Hall–Kier alpha value is -1.06. The van der Waals surface area contributed by atoms with Crippen LogP contribution in [0.25, 0.3) is 0 Å². The van der Waals surface area contributed by atoms with Gasteiger partial charge in [0.1, 0.15) is 6.04 Å². The van der Waals surface area contributed by atoms with Crippen molar-refractivity contribution >= 4 is 11.9 Å². The Morgan fingerprint density at radius 1 is 1.17 bits per heavy atom. The van der Waals surface area contributed by atoms with Crippen LogP contribution in [0.2, 0.25) is 0 Å². The second kappa shape index (κ2) is 5.29. The maximum Gasteiger partial charge on any atom is 0.328 e. The second-order valence-corrected chi connectivity index (χ2v) is 5.80. The summed E-state index contributed by atoms with van der Waals surface area (Å²) in [4.78, 5) is 26.2. The van der Waals surface area contributed by atoms with Gasteiger partial charge in [0.25, 0.3) is 0 Å². The molecule has 0 bridgehead atoms. The molecule has 1 unspecified atom stereocenters. The minimum absolute atomic E-state index is 0.162. The van der Waals surface area contributed by atoms with Gasteiger partial charge in [0.2, 0.25) is 5.91 Å². The van der Waals surface area contributed by atoms with Gasteiger partial charge in [-0.1, -0.05) is 19.8 Å². The quantitative estimate of drug-likeness (QED) is 0.708. The average Bonchev–Trinajstić information content (AvgIpc) is 2.85. The highest BCUT2D eigenvalue weighted by molar-refractivity contribution is 5.88. The summed E-state index contributed by atoms with van der Waals surface area (Å²) in [5.74, 6) is -0.0975. The lowest BCUT2D eigenvalue weighted by molar-refractivity contribution is -0.158. The van der Waals surface area contributed by atoms with E-state index in [0.29, 0.717) is 6.54 Å². The molecule has 0 aromatic heterocycles. The van der Waals surface area contributed by atoms with E-state index in [-0.39, 0.29) is 23.3 Å².